The number of anilines is 1. The van der Waals surface area contributed by atoms with Crippen LogP contribution in [-0.4, -0.2) is 34.5 Å². The molecule has 1 aliphatic rings. The average molecular weight is 373 g/mol. The fourth-order valence-corrected chi connectivity index (χ4v) is 3.42. The number of carbonyl (C=O) groups is 2. The first kappa shape index (κ1) is 18.4. The molecule has 1 fully saturated rings. The van der Waals surface area contributed by atoms with E-state index < -0.39 is 5.97 Å². The van der Waals surface area contributed by atoms with Gasteiger partial charge in [0.05, 0.1) is 12.5 Å². The van der Waals surface area contributed by atoms with Crippen LogP contribution in [0.1, 0.15) is 24.0 Å². The monoisotopic (exact) mass is 372 g/mol. The van der Waals surface area contributed by atoms with Gasteiger partial charge in [0.2, 0.25) is 5.91 Å². The number of halogens is 1. The molecule has 1 aliphatic heterocycles. The second-order valence-electron chi connectivity index (χ2n) is 6.52. The number of rotatable bonds is 6. The highest BCUT2D eigenvalue weighted by Gasteiger charge is 2.30. The van der Waals surface area contributed by atoms with Crippen LogP contribution in [0.2, 0.25) is 5.02 Å². The van der Waals surface area contributed by atoms with Crippen molar-refractivity contribution >= 4 is 29.2 Å². The van der Waals surface area contributed by atoms with Gasteiger partial charge in [0.1, 0.15) is 0 Å². The number of carbonyl (C=O) groups excluding carboxylic acids is 1. The maximum absolute atomic E-state index is 12.7. The largest absolute Gasteiger partial charge is 0.481 e. The third-order valence-electron chi connectivity index (χ3n) is 4.52. The van der Waals surface area contributed by atoms with Crippen LogP contribution < -0.4 is 5.32 Å². The van der Waals surface area contributed by atoms with Crippen molar-refractivity contribution in [1.82, 2.24) is 4.90 Å². The molecule has 2 aromatic carbocycles. The molecule has 2 aromatic rings. The van der Waals surface area contributed by atoms with Crippen molar-refractivity contribution in [3.8, 4) is 0 Å². The number of nitrogens with one attached hydrogen (secondary N) is 1. The smallest absolute Gasteiger partial charge is 0.307 e. The Morgan fingerprint density at radius 1 is 1.15 bits per heavy atom. The third kappa shape index (κ3) is 4.84. The highest BCUT2D eigenvalue weighted by Crippen LogP contribution is 2.22. The molecule has 0 aliphatic carbocycles. The first-order valence-electron chi connectivity index (χ1n) is 8.61. The van der Waals surface area contributed by atoms with E-state index in [1.165, 1.54) is 0 Å². The topological polar surface area (TPSA) is 69.6 Å². The van der Waals surface area contributed by atoms with Gasteiger partial charge in [0.25, 0.3) is 0 Å². The number of carboxylic acid groups (broad SMARTS) is 1. The number of benzene rings is 2. The van der Waals surface area contributed by atoms with Gasteiger partial charge in [-0.3, -0.25) is 14.5 Å². The molecule has 1 saturated heterocycles. The lowest BCUT2D eigenvalue weighted by atomic mass is 10.1. The zero-order valence-corrected chi connectivity index (χ0v) is 15.1. The van der Waals surface area contributed by atoms with E-state index in [-0.39, 0.29) is 18.4 Å². The van der Waals surface area contributed by atoms with Crippen molar-refractivity contribution in [1.29, 1.82) is 0 Å². The minimum atomic E-state index is -0.890. The predicted molar refractivity (Wildman–Crippen MR) is 101 cm³/mol. The molecule has 0 radical (unpaired) electrons. The van der Waals surface area contributed by atoms with E-state index in [0.717, 1.165) is 24.9 Å². The minimum absolute atomic E-state index is 0.0519. The lowest BCUT2D eigenvalue weighted by Gasteiger charge is -2.24. The number of hydrogen-bond acceptors (Lipinski definition) is 3. The second-order valence-corrected chi connectivity index (χ2v) is 6.95. The lowest BCUT2D eigenvalue weighted by molar-refractivity contribution is -0.136. The molecule has 0 saturated carbocycles. The zero-order valence-electron chi connectivity index (χ0n) is 14.3. The van der Waals surface area contributed by atoms with Gasteiger partial charge in [-0.1, -0.05) is 35.9 Å². The summed E-state index contributed by atoms with van der Waals surface area (Å²) in [5.41, 5.74) is 2.42. The highest BCUT2D eigenvalue weighted by molar-refractivity contribution is 6.30. The summed E-state index contributed by atoms with van der Waals surface area (Å²) in [6.07, 6.45) is 1.73. The van der Waals surface area contributed by atoms with Crippen LogP contribution in [0.5, 0.6) is 0 Å². The van der Waals surface area contributed by atoms with Gasteiger partial charge < -0.3 is 10.4 Å². The molecular formula is C20H21ClN2O3. The van der Waals surface area contributed by atoms with E-state index >= 15 is 0 Å². The molecule has 6 heteroatoms. The van der Waals surface area contributed by atoms with E-state index in [9.17, 15) is 9.59 Å². The van der Waals surface area contributed by atoms with Crippen molar-refractivity contribution in [2.45, 2.75) is 31.8 Å². The van der Waals surface area contributed by atoms with E-state index in [2.05, 4.69) is 10.2 Å². The standard InChI is InChI=1S/C20H21ClN2O3/c21-16-8-6-14(7-9-16)13-23-10-2-5-18(23)20(26)22-17-4-1-3-15(11-17)12-19(24)25/h1,3-4,6-9,11,18H,2,5,10,12-13H2,(H,22,26)(H,24,25). The number of amides is 1. The van der Waals surface area contributed by atoms with Gasteiger partial charge in [0.15, 0.2) is 0 Å². The maximum atomic E-state index is 12.7. The summed E-state index contributed by atoms with van der Waals surface area (Å²) in [5.74, 6) is -0.942. The van der Waals surface area contributed by atoms with Crippen LogP contribution >= 0.6 is 11.6 Å². The maximum Gasteiger partial charge on any atom is 0.307 e. The Morgan fingerprint density at radius 2 is 1.92 bits per heavy atom. The molecule has 26 heavy (non-hydrogen) atoms. The van der Waals surface area contributed by atoms with Crippen molar-refractivity contribution in [3.05, 3.63) is 64.7 Å². The summed E-state index contributed by atoms with van der Waals surface area (Å²) in [6.45, 7) is 1.58. The predicted octanol–water partition coefficient (Wildman–Crippen LogP) is 3.57. The summed E-state index contributed by atoms with van der Waals surface area (Å²) in [6, 6.07) is 14.5. The van der Waals surface area contributed by atoms with Gasteiger partial charge in [-0.2, -0.15) is 0 Å². The van der Waals surface area contributed by atoms with Gasteiger partial charge in [-0.05, 0) is 54.8 Å². The molecule has 0 spiro atoms. The van der Waals surface area contributed by atoms with E-state index in [0.29, 0.717) is 22.8 Å². The second kappa shape index (κ2) is 8.34. The van der Waals surface area contributed by atoms with Crippen LogP contribution in [0.4, 0.5) is 5.69 Å². The van der Waals surface area contributed by atoms with E-state index in [1.54, 1.807) is 24.3 Å². The SMILES string of the molecule is O=C(O)Cc1cccc(NC(=O)C2CCCN2Cc2ccc(Cl)cc2)c1. The van der Waals surface area contributed by atoms with Crippen LogP contribution in [-0.2, 0) is 22.6 Å². The van der Waals surface area contributed by atoms with Crippen LogP contribution in [0.15, 0.2) is 48.5 Å². The normalized spacial score (nSPS) is 17.2. The summed E-state index contributed by atoms with van der Waals surface area (Å²) >= 11 is 5.93. The quantitative estimate of drug-likeness (QED) is 0.813. The Bertz CT molecular complexity index is 792. The molecule has 2 N–H and O–H groups in total. The molecule has 136 valence electrons. The van der Waals surface area contributed by atoms with Gasteiger partial charge in [-0.15, -0.1) is 0 Å². The summed E-state index contributed by atoms with van der Waals surface area (Å²) in [7, 11) is 0. The van der Waals surface area contributed by atoms with Crippen molar-refractivity contribution in [2.24, 2.45) is 0 Å². The Balaban J connectivity index is 1.64. The molecular weight excluding hydrogens is 352 g/mol. The fraction of sp³-hybridized carbons (Fsp3) is 0.300. The van der Waals surface area contributed by atoms with Crippen LogP contribution in [0, 0.1) is 0 Å². The number of aliphatic carboxylic acids is 1. The molecule has 0 aromatic heterocycles. The third-order valence-corrected chi connectivity index (χ3v) is 4.77. The Morgan fingerprint density at radius 3 is 2.65 bits per heavy atom. The lowest BCUT2D eigenvalue weighted by Crippen LogP contribution is -2.39. The van der Waals surface area contributed by atoms with E-state index in [4.69, 9.17) is 16.7 Å². The van der Waals surface area contributed by atoms with E-state index in [1.807, 2.05) is 24.3 Å². The van der Waals surface area contributed by atoms with Gasteiger partial charge >= 0.3 is 5.97 Å². The average Bonchev–Trinajstić information content (AvgIpc) is 3.05. The van der Waals surface area contributed by atoms with Crippen molar-refractivity contribution in [3.63, 3.8) is 0 Å². The number of hydrogen-bond donors (Lipinski definition) is 2. The molecule has 3 rings (SSSR count). The van der Waals surface area contributed by atoms with Crippen molar-refractivity contribution < 1.29 is 14.7 Å². The number of carboxylic acids is 1. The Labute approximate surface area is 157 Å². The first-order valence-corrected chi connectivity index (χ1v) is 8.99. The molecule has 1 atom stereocenters. The first-order chi connectivity index (χ1) is 12.5. The zero-order chi connectivity index (χ0) is 18.5. The van der Waals surface area contributed by atoms with Crippen LogP contribution in [0.3, 0.4) is 0 Å². The Kier molecular flexibility index (Phi) is 5.91. The summed E-state index contributed by atoms with van der Waals surface area (Å²) in [5, 5.41) is 12.5. The summed E-state index contributed by atoms with van der Waals surface area (Å²) < 4.78 is 0. The van der Waals surface area contributed by atoms with Gasteiger partial charge in [-0.25, -0.2) is 0 Å². The van der Waals surface area contributed by atoms with Gasteiger partial charge in [0, 0.05) is 17.3 Å². The molecule has 1 amide bonds. The fourth-order valence-electron chi connectivity index (χ4n) is 3.30. The Hall–Kier alpha value is -2.37. The van der Waals surface area contributed by atoms with Crippen LogP contribution in [0.25, 0.3) is 0 Å². The minimum Gasteiger partial charge on any atom is -0.481 e. The molecule has 0 bridgehead atoms. The molecule has 1 heterocycles. The number of likely N-dealkylation sites (tertiary alicyclic amines) is 1. The molecule has 5 nitrogen and oxygen atoms in total. The van der Waals surface area contributed by atoms with Crippen molar-refractivity contribution in [2.75, 3.05) is 11.9 Å². The highest BCUT2D eigenvalue weighted by atomic mass is 35.5. The number of nitrogens with zero attached hydrogens (tertiary/aromatic N) is 1. The molecule has 1 unspecified atom stereocenters. The summed E-state index contributed by atoms with van der Waals surface area (Å²) in [4.78, 5) is 25.7.